The molecule has 0 aromatic heterocycles. The summed E-state index contributed by atoms with van der Waals surface area (Å²) in [5.41, 5.74) is -1.25. The van der Waals surface area contributed by atoms with Gasteiger partial charge in [0.05, 0.1) is 19.3 Å². The lowest BCUT2D eigenvalue weighted by Gasteiger charge is -2.37. The Morgan fingerprint density at radius 2 is 1.75 bits per heavy atom. The van der Waals surface area contributed by atoms with Gasteiger partial charge in [-0.05, 0) is 27.7 Å². The monoisotopic (exact) mass is 287 g/mol. The molecule has 20 heavy (non-hydrogen) atoms. The molecule has 1 fully saturated rings. The van der Waals surface area contributed by atoms with Gasteiger partial charge in [0.25, 0.3) is 0 Å². The van der Waals surface area contributed by atoms with Crippen molar-refractivity contribution in [3.8, 4) is 0 Å². The van der Waals surface area contributed by atoms with Gasteiger partial charge in [0.15, 0.2) is 0 Å². The molecule has 1 heterocycles. The van der Waals surface area contributed by atoms with Crippen LogP contribution in [0.15, 0.2) is 0 Å². The highest BCUT2D eigenvalue weighted by molar-refractivity contribution is 5.79. The van der Waals surface area contributed by atoms with Crippen LogP contribution in [0.25, 0.3) is 0 Å². The predicted molar refractivity (Wildman–Crippen MR) is 73.1 cm³/mol. The zero-order chi connectivity index (χ0) is 15.7. The van der Waals surface area contributed by atoms with Gasteiger partial charge in [-0.1, -0.05) is 13.8 Å². The molecule has 6 heteroatoms. The molecule has 1 rings (SSSR count). The Morgan fingerprint density at radius 3 is 2.10 bits per heavy atom. The van der Waals surface area contributed by atoms with Gasteiger partial charge < -0.3 is 14.2 Å². The molecule has 116 valence electrons. The molecule has 1 aliphatic heterocycles. The topological polar surface area (TPSA) is 65.1 Å². The molecule has 0 aromatic carbocycles. The van der Waals surface area contributed by atoms with E-state index in [1.165, 1.54) is 12.0 Å². The van der Waals surface area contributed by atoms with Crippen molar-refractivity contribution >= 4 is 12.1 Å². The first-order chi connectivity index (χ1) is 9.03. The Morgan fingerprint density at radius 1 is 1.20 bits per heavy atom. The fourth-order valence-electron chi connectivity index (χ4n) is 2.41. The van der Waals surface area contributed by atoms with E-state index in [1.807, 2.05) is 13.8 Å². The van der Waals surface area contributed by atoms with Crippen LogP contribution in [-0.2, 0) is 19.0 Å². The summed E-state index contributed by atoms with van der Waals surface area (Å²) in [6, 6.07) is 0. The van der Waals surface area contributed by atoms with Crippen LogP contribution in [0.1, 0.15) is 41.5 Å². The van der Waals surface area contributed by atoms with Crippen molar-refractivity contribution in [1.29, 1.82) is 0 Å². The molecule has 1 aliphatic rings. The fraction of sp³-hybridized carbons (Fsp3) is 0.857. The molecule has 6 nitrogen and oxygen atoms in total. The average Bonchev–Trinajstić information content (AvgIpc) is 2.54. The van der Waals surface area contributed by atoms with Crippen molar-refractivity contribution in [1.82, 2.24) is 4.90 Å². The lowest BCUT2D eigenvalue weighted by molar-refractivity contribution is -0.155. The van der Waals surface area contributed by atoms with Crippen LogP contribution < -0.4 is 0 Å². The van der Waals surface area contributed by atoms with E-state index >= 15 is 0 Å². The van der Waals surface area contributed by atoms with Crippen molar-refractivity contribution in [2.24, 2.45) is 5.92 Å². The van der Waals surface area contributed by atoms with Crippen LogP contribution >= 0.6 is 0 Å². The molecule has 0 spiro atoms. The number of esters is 1. The first kappa shape index (κ1) is 16.8. The quantitative estimate of drug-likeness (QED) is 0.744. The van der Waals surface area contributed by atoms with Crippen molar-refractivity contribution < 1.29 is 23.8 Å². The van der Waals surface area contributed by atoms with Crippen molar-refractivity contribution in [3.63, 3.8) is 0 Å². The van der Waals surface area contributed by atoms with Crippen molar-refractivity contribution in [3.05, 3.63) is 0 Å². The second kappa shape index (κ2) is 5.60. The van der Waals surface area contributed by atoms with Gasteiger partial charge in [-0.15, -0.1) is 0 Å². The summed E-state index contributed by atoms with van der Waals surface area (Å²) < 4.78 is 15.7. The number of carbonyl (C=O) groups is 2. The summed E-state index contributed by atoms with van der Waals surface area (Å²) in [6.45, 7) is 11.4. The molecule has 0 unspecified atom stereocenters. The zero-order valence-electron chi connectivity index (χ0n) is 13.4. The summed E-state index contributed by atoms with van der Waals surface area (Å²) in [5.74, 6) is -0.717. The van der Waals surface area contributed by atoms with Gasteiger partial charge in [-0.25, -0.2) is 9.59 Å². The molecule has 1 amide bonds. The maximum Gasteiger partial charge on any atom is 0.413 e. The maximum atomic E-state index is 12.4. The van der Waals surface area contributed by atoms with E-state index in [1.54, 1.807) is 27.7 Å². The highest BCUT2D eigenvalue weighted by Gasteiger charge is 2.50. The summed E-state index contributed by atoms with van der Waals surface area (Å²) >= 11 is 0. The third-order valence-electron chi connectivity index (χ3n) is 3.37. The molecule has 0 saturated carbocycles. The summed E-state index contributed by atoms with van der Waals surface area (Å²) in [6.07, 6.45) is -1.48. The van der Waals surface area contributed by atoms with Crippen LogP contribution in [0.2, 0.25) is 0 Å². The van der Waals surface area contributed by atoms with E-state index in [9.17, 15) is 9.59 Å². The van der Waals surface area contributed by atoms with Crippen molar-refractivity contribution in [2.45, 2.75) is 58.9 Å². The van der Waals surface area contributed by atoms with Crippen LogP contribution in [0.3, 0.4) is 0 Å². The Hall–Kier alpha value is -1.30. The van der Waals surface area contributed by atoms with Crippen LogP contribution in [-0.4, -0.2) is 48.0 Å². The van der Waals surface area contributed by atoms with Gasteiger partial charge in [0.2, 0.25) is 6.10 Å². The van der Waals surface area contributed by atoms with Crippen LogP contribution in [0, 0.1) is 5.92 Å². The Balaban J connectivity index is 2.91. The number of amides is 1. The third kappa shape index (κ3) is 3.23. The summed E-state index contributed by atoms with van der Waals surface area (Å²) in [7, 11) is 1.28. The molecule has 0 bridgehead atoms. The number of hydrogen-bond donors (Lipinski definition) is 0. The Kier molecular flexibility index (Phi) is 4.69. The molecular formula is C14H25NO5. The Bertz CT molecular complexity index is 373. The molecule has 0 aliphatic carbocycles. The fourth-order valence-corrected chi connectivity index (χ4v) is 2.41. The van der Waals surface area contributed by atoms with Gasteiger partial charge >= 0.3 is 12.1 Å². The minimum atomic E-state index is -0.917. The summed E-state index contributed by atoms with van der Waals surface area (Å²) in [5, 5.41) is 0. The first-order valence-electron chi connectivity index (χ1n) is 6.75. The van der Waals surface area contributed by atoms with E-state index in [0.29, 0.717) is 6.61 Å². The zero-order valence-corrected chi connectivity index (χ0v) is 13.4. The SMILES string of the molecule is COC(=O)[C@H](OC(=O)N1C(C)(C)COC1(C)C)C(C)C. The normalized spacial score (nSPS) is 21.7. The van der Waals surface area contributed by atoms with Crippen LogP contribution in [0.4, 0.5) is 4.79 Å². The number of hydrogen-bond acceptors (Lipinski definition) is 5. The average molecular weight is 287 g/mol. The van der Waals surface area contributed by atoms with Crippen LogP contribution in [0.5, 0.6) is 0 Å². The largest absolute Gasteiger partial charge is 0.466 e. The highest BCUT2D eigenvalue weighted by atomic mass is 16.6. The van der Waals surface area contributed by atoms with E-state index in [0.717, 1.165) is 0 Å². The van der Waals surface area contributed by atoms with E-state index < -0.39 is 29.4 Å². The lowest BCUT2D eigenvalue weighted by atomic mass is 10.0. The lowest BCUT2D eigenvalue weighted by Crippen LogP contribution is -2.54. The third-order valence-corrected chi connectivity index (χ3v) is 3.37. The van der Waals surface area contributed by atoms with Crippen molar-refractivity contribution in [2.75, 3.05) is 13.7 Å². The van der Waals surface area contributed by atoms with E-state index in [2.05, 4.69) is 4.74 Å². The van der Waals surface area contributed by atoms with Gasteiger partial charge in [0, 0.05) is 5.92 Å². The number of methoxy groups -OCH3 is 1. The second-order valence-electron chi connectivity index (χ2n) is 6.45. The highest BCUT2D eigenvalue weighted by Crippen LogP contribution is 2.35. The van der Waals surface area contributed by atoms with Gasteiger partial charge in [-0.2, -0.15) is 0 Å². The number of carbonyl (C=O) groups excluding carboxylic acids is 2. The molecule has 0 radical (unpaired) electrons. The minimum Gasteiger partial charge on any atom is -0.466 e. The molecular weight excluding hydrogens is 262 g/mol. The number of ether oxygens (including phenoxy) is 3. The van der Waals surface area contributed by atoms with E-state index in [-0.39, 0.29) is 5.92 Å². The molecule has 0 N–H and O–H groups in total. The molecule has 1 atom stereocenters. The molecule has 1 saturated heterocycles. The molecule has 0 aromatic rings. The number of nitrogens with zero attached hydrogens (tertiary/aromatic N) is 1. The second-order valence-corrected chi connectivity index (χ2v) is 6.45. The van der Waals surface area contributed by atoms with Gasteiger partial charge in [0.1, 0.15) is 5.72 Å². The standard InChI is InChI=1S/C14H25NO5/c1-9(2)10(11(16)18-7)20-12(17)15-13(3,4)8-19-14(15,5)6/h9-10H,8H2,1-7H3/t10-/m1/s1. The number of rotatable bonds is 3. The minimum absolute atomic E-state index is 0.166. The Labute approximate surface area is 120 Å². The smallest absolute Gasteiger partial charge is 0.413 e. The first-order valence-corrected chi connectivity index (χ1v) is 6.75. The van der Waals surface area contributed by atoms with E-state index in [4.69, 9.17) is 9.47 Å². The predicted octanol–water partition coefficient (Wildman–Crippen LogP) is 2.17. The maximum absolute atomic E-state index is 12.4. The summed E-state index contributed by atoms with van der Waals surface area (Å²) in [4.78, 5) is 25.6. The van der Waals surface area contributed by atoms with Gasteiger partial charge in [-0.3, -0.25) is 4.90 Å².